The van der Waals surface area contributed by atoms with Crippen LogP contribution in [-0.4, -0.2) is 59.2 Å². The molecule has 27 heavy (non-hydrogen) atoms. The number of piperazine rings is 1. The van der Waals surface area contributed by atoms with Crippen molar-refractivity contribution in [3.8, 4) is 17.4 Å². The number of hydrogen-bond acceptors (Lipinski definition) is 8. The molecule has 1 fully saturated rings. The van der Waals surface area contributed by atoms with Crippen LogP contribution in [0.2, 0.25) is 0 Å². The van der Waals surface area contributed by atoms with E-state index in [1.54, 1.807) is 42.5 Å². The summed E-state index contributed by atoms with van der Waals surface area (Å²) in [6, 6.07) is 6.91. The van der Waals surface area contributed by atoms with Gasteiger partial charge in [0, 0.05) is 38.3 Å². The largest absolute Gasteiger partial charge is 0.481 e. The van der Waals surface area contributed by atoms with Gasteiger partial charge in [-0.1, -0.05) is 5.16 Å². The lowest BCUT2D eigenvalue weighted by Crippen LogP contribution is -2.49. The van der Waals surface area contributed by atoms with Crippen molar-refractivity contribution in [1.82, 2.24) is 20.0 Å². The van der Waals surface area contributed by atoms with Gasteiger partial charge in [0.15, 0.2) is 11.5 Å². The summed E-state index contributed by atoms with van der Waals surface area (Å²) >= 11 is 0. The molecule has 0 radical (unpaired) electrons. The molecule has 0 saturated carbocycles. The quantitative estimate of drug-likeness (QED) is 0.689. The zero-order chi connectivity index (χ0) is 18.8. The molecule has 4 rings (SSSR count). The molecule has 4 heterocycles. The molecule has 3 aromatic heterocycles. The summed E-state index contributed by atoms with van der Waals surface area (Å²) in [7, 11) is 1.58. The predicted molar refractivity (Wildman–Crippen MR) is 95.6 cm³/mol. The van der Waals surface area contributed by atoms with Gasteiger partial charge in [0.1, 0.15) is 11.6 Å². The first kappa shape index (κ1) is 17.1. The Labute approximate surface area is 155 Å². The van der Waals surface area contributed by atoms with Gasteiger partial charge in [-0.2, -0.15) is 4.98 Å². The van der Waals surface area contributed by atoms with Crippen molar-refractivity contribution >= 4 is 11.7 Å². The van der Waals surface area contributed by atoms with Crippen molar-refractivity contribution in [2.24, 2.45) is 0 Å². The van der Waals surface area contributed by atoms with Gasteiger partial charge in [-0.3, -0.25) is 4.79 Å². The van der Waals surface area contributed by atoms with E-state index in [1.807, 2.05) is 6.92 Å². The monoisotopic (exact) mass is 369 g/mol. The zero-order valence-corrected chi connectivity index (χ0v) is 15.1. The number of ether oxygens (including phenoxy) is 1. The number of furan rings is 1. The maximum Gasteiger partial charge on any atom is 0.276 e. The van der Waals surface area contributed by atoms with E-state index in [4.69, 9.17) is 13.7 Å². The average Bonchev–Trinajstić information content (AvgIpc) is 3.38. The molecule has 1 saturated heterocycles. The Morgan fingerprint density at radius 1 is 1.15 bits per heavy atom. The van der Waals surface area contributed by atoms with E-state index in [-0.39, 0.29) is 11.6 Å². The van der Waals surface area contributed by atoms with Crippen molar-refractivity contribution < 1.29 is 18.5 Å². The van der Waals surface area contributed by atoms with Crippen molar-refractivity contribution in [1.29, 1.82) is 0 Å². The fourth-order valence-corrected chi connectivity index (χ4v) is 3.00. The molecular formula is C18H19N5O4. The molecule has 0 spiro atoms. The molecule has 1 amide bonds. The Kier molecular flexibility index (Phi) is 4.49. The van der Waals surface area contributed by atoms with Gasteiger partial charge in [-0.15, -0.1) is 0 Å². The normalized spacial score (nSPS) is 14.4. The van der Waals surface area contributed by atoms with E-state index in [1.165, 1.54) is 0 Å². The van der Waals surface area contributed by atoms with Gasteiger partial charge >= 0.3 is 0 Å². The minimum Gasteiger partial charge on any atom is -0.481 e. The minimum atomic E-state index is -0.160. The lowest BCUT2D eigenvalue weighted by atomic mass is 10.2. The predicted octanol–water partition coefficient (Wildman–Crippen LogP) is 2.00. The Morgan fingerprint density at radius 2 is 1.96 bits per heavy atom. The summed E-state index contributed by atoms with van der Waals surface area (Å²) < 4.78 is 15.7. The van der Waals surface area contributed by atoms with Crippen LogP contribution in [0.3, 0.4) is 0 Å². The van der Waals surface area contributed by atoms with Crippen LogP contribution in [0.5, 0.6) is 5.88 Å². The van der Waals surface area contributed by atoms with Gasteiger partial charge in [0.25, 0.3) is 5.91 Å². The molecule has 0 atom stereocenters. The summed E-state index contributed by atoms with van der Waals surface area (Å²) in [5, 5.41) is 3.88. The summed E-state index contributed by atoms with van der Waals surface area (Å²) in [5.74, 6) is 2.80. The van der Waals surface area contributed by atoms with Crippen LogP contribution < -0.4 is 9.64 Å². The smallest absolute Gasteiger partial charge is 0.276 e. The van der Waals surface area contributed by atoms with E-state index in [2.05, 4.69) is 20.0 Å². The molecule has 9 nitrogen and oxygen atoms in total. The topological polar surface area (TPSA) is 97.7 Å². The number of anilines is 1. The molecule has 1 aliphatic heterocycles. The fraction of sp³-hybridized carbons (Fsp3) is 0.333. The number of carbonyl (C=O) groups is 1. The number of hydrogen-bond donors (Lipinski definition) is 0. The summed E-state index contributed by atoms with van der Waals surface area (Å²) in [6.45, 7) is 4.27. The summed E-state index contributed by atoms with van der Waals surface area (Å²) in [4.78, 5) is 25.2. The third-order valence-electron chi connectivity index (χ3n) is 4.39. The van der Waals surface area contributed by atoms with Gasteiger partial charge in [-0.05, 0) is 19.1 Å². The minimum absolute atomic E-state index is 0.160. The van der Waals surface area contributed by atoms with Gasteiger partial charge in [0.05, 0.1) is 13.4 Å². The third-order valence-corrected chi connectivity index (χ3v) is 4.39. The van der Waals surface area contributed by atoms with Crippen LogP contribution in [0.4, 0.5) is 5.82 Å². The summed E-state index contributed by atoms with van der Waals surface area (Å²) in [5.41, 5.74) is 0.273. The van der Waals surface area contributed by atoms with Crippen LogP contribution in [0.25, 0.3) is 11.5 Å². The molecule has 0 aromatic carbocycles. The SMILES string of the molecule is COc1cc(N2CCN(C(=O)c3cc(-c4ccco4)on3)CC2)nc(C)n1. The van der Waals surface area contributed by atoms with Crippen molar-refractivity contribution in [2.45, 2.75) is 6.92 Å². The first-order valence-corrected chi connectivity index (χ1v) is 8.58. The molecule has 1 aliphatic rings. The fourth-order valence-electron chi connectivity index (χ4n) is 3.00. The highest BCUT2D eigenvalue weighted by molar-refractivity contribution is 5.93. The number of amides is 1. The molecule has 0 bridgehead atoms. The molecule has 0 N–H and O–H groups in total. The van der Waals surface area contributed by atoms with E-state index in [0.717, 1.165) is 5.82 Å². The number of carbonyl (C=O) groups excluding carboxylic acids is 1. The van der Waals surface area contributed by atoms with Crippen LogP contribution in [0.15, 0.2) is 39.5 Å². The van der Waals surface area contributed by atoms with Crippen molar-refractivity contribution in [3.05, 3.63) is 42.0 Å². The Hall–Kier alpha value is -3.36. The number of rotatable bonds is 4. The average molecular weight is 369 g/mol. The van der Waals surface area contributed by atoms with Gasteiger partial charge in [0.2, 0.25) is 11.6 Å². The number of aryl methyl sites for hydroxylation is 1. The molecule has 0 aliphatic carbocycles. The Bertz CT molecular complexity index is 929. The standard InChI is InChI=1S/C18H19N5O4/c1-12-19-16(11-17(20-12)25-2)22-5-7-23(8-6-22)18(24)13-10-15(27-21-13)14-4-3-9-26-14/h3-4,9-11H,5-8H2,1-2H3. The van der Waals surface area contributed by atoms with E-state index < -0.39 is 0 Å². The zero-order valence-electron chi connectivity index (χ0n) is 15.1. The van der Waals surface area contributed by atoms with Crippen LogP contribution >= 0.6 is 0 Å². The maximum absolute atomic E-state index is 12.7. The third kappa shape index (κ3) is 3.48. The van der Waals surface area contributed by atoms with Gasteiger partial charge < -0.3 is 23.5 Å². The number of nitrogens with zero attached hydrogens (tertiary/aromatic N) is 5. The van der Waals surface area contributed by atoms with Gasteiger partial charge in [-0.25, -0.2) is 4.98 Å². The van der Waals surface area contributed by atoms with E-state index in [0.29, 0.717) is 49.4 Å². The van der Waals surface area contributed by atoms with E-state index >= 15 is 0 Å². The first-order chi connectivity index (χ1) is 13.1. The van der Waals surface area contributed by atoms with Crippen LogP contribution in [0.1, 0.15) is 16.3 Å². The molecule has 9 heteroatoms. The van der Waals surface area contributed by atoms with Crippen LogP contribution in [0, 0.1) is 6.92 Å². The highest BCUT2D eigenvalue weighted by Gasteiger charge is 2.26. The number of aromatic nitrogens is 3. The highest BCUT2D eigenvalue weighted by atomic mass is 16.5. The van der Waals surface area contributed by atoms with E-state index in [9.17, 15) is 4.79 Å². The maximum atomic E-state index is 12.7. The Balaban J connectivity index is 1.42. The molecular weight excluding hydrogens is 350 g/mol. The second-order valence-corrected chi connectivity index (χ2v) is 6.15. The molecule has 3 aromatic rings. The molecule has 140 valence electrons. The lowest BCUT2D eigenvalue weighted by Gasteiger charge is -2.35. The second-order valence-electron chi connectivity index (χ2n) is 6.15. The van der Waals surface area contributed by atoms with Crippen LogP contribution in [-0.2, 0) is 0 Å². The van der Waals surface area contributed by atoms with Crippen molar-refractivity contribution in [3.63, 3.8) is 0 Å². The number of methoxy groups -OCH3 is 1. The lowest BCUT2D eigenvalue weighted by molar-refractivity contribution is 0.0736. The first-order valence-electron chi connectivity index (χ1n) is 8.58. The summed E-state index contributed by atoms with van der Waals surface area (Å²) in [6.07, 6.45) is 1.54. The van der Waals surface area contributed by atoms with Crippen molar-refractivity contribution in [2.75, 3.05) is 38.2 Å². The molecule has 0 unspecified atom stereocenters. The Morgan fingerprint density at radius 3 is 2.67 bits per heavy atom. The highest BCUT2D eigenvalue weighted by Crippen LogP contribution is 2.22. The second kappa shape index (κ2) is 7.10.